The molecule has 0 bridgehead atoms. The van der Waals surface area contributed by atoms with Crippen molar-refractivity contribution in [2.24, 2.45) is 0 Å². The van der Waals surface area contributed by atoms with Crippen LogP contribution >= 0.6 is 0 Å². The lowest BCUT2D eigenvalue weighted by molar-refractivity contribution is -0.118. The number of hydrogen-bond donors (Lipinski definition) is 0. The molecule has 0 aromatic carbocycles. The molecule has 0 rings (SSSR count). The number of rotatable bonds is 6. The van der Waals surface area contributed by atoms with E-state index in [0.717, 1.165) is 0 Å². The second kappa shape index (κ2) is 5.83. The number of ketones is 2. The summed E-state index contributed by atoms with van der Waals surface area (Å²) in [5.41, 5.74) is 0. The lowest BCUT2D eigenvalue weighted by Crippen LogP contribution is -2.37. The van der Waals surface area contributed by atoms with E-state index in [0.29, 0.717) is 19.8 Å². The van der Waals surface area contributed by atoms with Crippen LogP contribution in [0.25, 0.3) is 0 Å². The predicted molar refractivity (Wildman–Crippen MR) is 51.5 cm³/mol. The van der Waals surface area contributed by atoms with Crippen LogP contribution in [0.1, 0.15) is 13.8 Å². The van der Waals surface area contributed by atoms with Gasteiger partial charge >= 0.3 is 0 Å². The van der Waals surface area contributed by atoms with Crippen LogP contribution in [0, 0.1) is 0 Å². The SMILES string of the molecule is CC(=O)CN(C)CN(C)CC(C)=O. The van der Waals surface area contributed by atoms with Crippen LogP contribution in [-0.4, -0.2) is 55.2 Å². The van der Waals surface area contributed by atoms with Crippen molar-refractivity contribution in [3.8, 4) is 0 Å². The standard InChI is InChI=1S/C9H18N2O2/c1-8(12)5-10(3)7-11(4)6-9(2)13/h5-7H2,1-4H3. The zero-order valence-electron chi connectivity index (χ0n) is 8.83. The Morgan fingerprint density at radius 1 is 0.923 bits per heavy atom. The average Bonchev–Trinajstić information content (AvgIpc) is 1.80. The van der Waals surface area contributed by atoms with E-state index in [2.05, 4.69) is 0 Å². The van der Waals surface area contributed by atoms with Crippen LogP contribution in [0.5, 0.6) is 0 Å². The monoisotopic (exact) mass is 186 g/mol. The summed E-state index contributed by atoms with van der Waals surface area (Å²) < 4.78 is 0. The molecular weight excluding hydrogens is 168 g/mol. The maximum atomic E-state index is 10.7. The van der Waals surface area contributed by atoms with Crippen LogP contribution in [0.2, 0.25) is 0 Å². The molecule has 0 aromatic heterocycles. The molecule has 4 nitrogen and oxygen atoms in total. The fourth-order valence-electron chi connectivity index (χ4n) is 1.27. The van der Waals surface area contributed by atoms with E-state index >= 15 is 0 Å². The van der Waals surface area contributed by atoms with Crippen LogP contribution in [-0.2, 0) is 9.59 Å². The molecular formula is C9H18N2O2. The largest absolute Gasteiger partial charge is 0.299 e. The van der Waals surface area contributed by atoms with Gasteiger partial charge in [-0.25, -0.2) is 0 Å². The molecule has 0 atom stereocenters. The number of hydrogen-bond acceptors (Lipinski definition) is 4. The van der Waals surface area contributed by atoms with Gasteiger partial charge in [-0.05, 0) is 27.9 Å². The topological polar surface area (TPSA) is 40.6 Å². The smallest absolute Gasteiger partial charge is 0.143 e. The highest BCUT2D eigenvalue weighted by molar-refractivity contribution is 5.78. The highest BCUT2D eigenvalue weighted by Gasteiger charge is 2.06. The summed E-state index contributed by atoms with van der Waals surface area (Å²) in [6.45, 7) is 4.62. The minimum atomic E-state index is 0.138. The number of carbonyl (C=O) groups excluding carboxylic acids is 2. The average molecular weight is 186 g/mol. The zero-order chi connectivity index (χ0) is 10.4. The second-order valence-corrected chi connectivity index (χ2v) is 3.57. The summed E-state index contributed by atoms with van der Waals surface area (Å²) in [7, 11) is 3.72. The van der Waals surface area contributed by atoms with Gasteiger partial charge in [0.15, 0.2) is 0 Å². The molecule has 0 saturated carbocycles. The zero-order valence-corrected chi connectivity index (χ0v) is 8.83. The maximum absolute atomic E-state index is 10.7. The molecule has 0 amide bonds. The molecule has 0 aliphatic carbocycles. The normalized spacial score (nSPS) is 10.9. The first-order valence-corrected chi connectivity index (χ1v) is 4.27. The Morgan fingerprint density at radius 2 is 1.23 bits per heavy atom. The molecule has 0 radical (unpaired) electrons. The van der Waals surface area contributed by atoms with Crippen molar-refractivity contribution in [3.05, 3.63) is 0 Å². The van der Waals surface area contributed by atoms with E-state index < -0.39 is 0 Å². The Hall–Kier alpha value is -0.740. The molecule has 0 heterocycles. The van der Waals surface area contributed by atoms with Crippen molar-refractivity contribution in [2.45, 2.75) is 13.8 Å². The van der Waals surface area contributed by atoms with Gasteiger partial charge in [-0.3, -0.25) is 19.4 Å². The molecule has 0 aliphatic rings. The van der Waals surface area contributed by atoms with Crippen molar-refractivity contribution in [3.63, 3.8) is 0 Å². The Labute approximate surface area is 79.5 Å². The molecule has 0 fully saturated rings. The third-order valence-electron chi connectivity index (χ3n) is 1.47. The first-order chi connectivity index (χ1) is 5.91. The van der Waals surface area contributed by atoms with Gasteiger partial charge in [0.2, 0.25) is 0 Å². The third kappa shape index (κ3) is 7.62. The minimum absolute atomic E-state index is 0.138. The van der Waals surface area contributed by atoms with Crippen molar-refractivity contribution in [2.75, 3.05) is 33.9 Å². The molecule has 0 saturated heterocycles. The fraction of sp³-hybridized carbons (Fsp3) is 0.778. The summed E-state index contributed by atoms with van der Waals surface area (Å²) in [5, 5.41) is 0. The first kappa shape index (κ1) is 12.3. The third-order valence-corrected chi connectivity index (χ3v) is 1.47. The Kier molecular flexibility index (Phi) is 5.50. The molecule has 0 unspecified atom stereocenters. The fourth-order valence-corrected chi connectivity index (χ4v) is 1.27. The van der Waals surface area contributed by atoms with Crippen LogP contribution in [0.4, 0.5) is 0 Å². The number of nitrogens with zero attached hydrogens (tertiary/aromatic N) is 2. The number of Topliss-reactive ketones (excluding diaryl/α,β-unsaturated/α-hetero) is 2. The lowest BCUT2D eigenvalue weighted by atomic mass is 10.4. The van der Waals surface area contributed by atoms with E-state index in [4.69, 9.17) is 0 Å². The van der Waals surface area contributed by atoms with Crippen molar-refractivity contribution in [1.29, 1.82) is 0 Å². The van der Waals surface area contributed by atoms with Gasteiger partial charge in [0, 0.05) is 0 Å². The van der Waals surface area contributed by atoms with Crippen molar-refractivity contribution in [1.82, 2.24) is 9.80 Å². The molecule has 0 spiro atoms. The van der Waals surface area contributed by atoms with Gasteiger partial charge in [0.05, 0.1) is 19.8 Å². The number of carbonyl (C=O) groups is 2. The summed E-state index contributed by atoms with van der Waals surface area (Å²) in [6.07, 6.45) is 0. The van der Waals surface area contributed by atoms with E-state index in [1.807, 2.05) is 23.9 Å². The lowest BCUT2D eigenvalue weighted by Gasteiger charge is -2.22. The first-order valence-electron chi connectivity index (χ1n) is 4.27. The second-order valence-electron chi connectivity index (χ2n) is 3.57. The Morgan fingerprint density at radius 3 is 1.46 bits per heavy atom. The molecule has 4 heteroatoms. The Bertz CT molecular complexity index is 172. The predicted octanol–water partition coefficient (Wildman–Crippen LogP) is -0.0145. The molecule has 0 aromatic rings. The Balaban J connectivity index is 3.70. The molecule has 0 N–H and O–H groups in total. The van der Waals surface area contributed by atoms with Gasteiger partial charge in [-0.1, -0.05) is 0 Å². The highest BCUT2D eigenvalue weighted by atomic mass is 16.1. The maximum Gasteiger partial charge on any atom is 0.143 e. The van der Waals surface area contributed by atoms with Crippen molar-refractivity contribution >= 4 is 11.6 Å². The van der Waals surface area contributed by atoms with E-state index in [1.165, 1.54) is 0 Å². The van der Waals surface area contributed by atoms with Crippen LogP contribution < -0.4 is 0 Å². The highest BCUT2D eigenvalue weighted by Crippen LogP contribution is 1.88. The molecule has 76 valence electrons. The minimum Gasteiger partial charge on any atom is -0.299 e. The van der Waals surface area contributed by atoms with E-state index in [1.54, 1.807) is 13.8 Å². The van der Waals surface area contributed by atoms with E-state index in [9.17, 15) is 9.59 Å². The van der Waals surface area contributed by atoms with Crippen LogP contribution in [0.15, 0.2) is 0 Å². The van der Waals surface area contributed by atoms with Gasteiger partial charge in [0.1, 0.15) is 11.6 Å². The van der Waals surface area contributed by atoms with E-state index in [-0.39, 0.29) is 11.6 Å². The summed E-state index contributed by atoms with van der Waals surface area (Å²) in [6, 6.07) is 0. The van der Waals surface area contributed by atoms with Crippen LogP contribution in [0.3, 0.4) is 0 Å². The molecule has 13 heavy (non-hydrogen) atoms. The van der Waals surface area contributed by atoms with Crippen molar-refractivity contribution < 1.29 is 9.59 Å². The summed E-state index contributed by atoms with van der Waals surface area (Å²) in [5.74, 6) is 0.275. The van der Waals surface area contributed by atoms with Gasteiger partial charge in [-0.2, -0.15) is 0 Å². The number of likely N-dealkylation sites (N-methyl/N-ethyl adjacent to an activating group) is 2. The summed E-state index contributed by atoms with van der Waals surface area (Å²) in [4.78, 5) is 25.2. The summed E-state index contributed by atoms with van der Waals surface area (Å²) >= 11 is 0. The van der Waals surface area contributed by atoms with Gasteiger partial charge < -0.3 is 0 Å². The van der Waals surface area contributed by atoms with Gasteiger partial charge in [0.25, 0.3) is 0 Å². The molecule has 0 aliphatic heterocycles. The van der Waals surface area contributed by atoms with Gasteiger partial charge in [-0.15, -0.1) is 0 Å². The quantitative estimate of drug-likeness (QED) is 0.547.